The molecular weight excluding hydrogens is 376 g/mol. The first-order chi connectivity index (χ1) is 14.7. The van der Waals surface area contributed by atoms with Crippen molar-refractivity contribution in [2.24, 2.45) is 0 Å². The van der Waals surface area contributed by atoms with E-state index in [-0.39, 0.29) is 12.3 Å². The Balaban J connectivity index is 1.20. The second-order valence-corrected chi connectivity index (χ2v) is 7.58. The predicted octanol–water partition coefficient (Wildman–Crippen LogP) is 3.13. The fourth-order valence-electron chi connectivity index (χ4n) is 3.73. The summed E-state index contributed by atoms with van der Waals surface area (Å²) in [5, 5.41) is 3.02. The Kier molecular flexibility index (Phi) is 6.44. The predicted molar refractivity (Wildman–Crippen MR) is 118 cm³/mol. The Hall–Kier alpha value is -3.12. The van der Waals surface area contributed by atoms with E-state index in [1.807, 2.05) is 43.3 Å². The van der Waals surface area contributed by atoms with Gasteiger partial charge in [0.2, 0.25) is 11.8 Å². The molecule has 6 heteroatoms. The minimum absolute atomic E-state index is 0.0195. The average Bonchev–Trinajstić information content (AvgIpc) is 3.15. The minimum atomic E-state index is -0.0195. The molecule has 1 amide bonds. The van der Waals surface area contributed by atoms with Crippen molar-refractivity contribution in [3.8, 4) is 11.5 Å². The zero-order valence-electron chi connectivity index (χ0n) is 17.4. The molecule has 1 saturated heterocycles. The number of aromatic nitrogens is 1. The Morgan fingerprint density at radius 2 is 1.67 bits per heavy atom. The molecule has 3 aromatic rings. The summed E-state index contributed by atoms with van der Waals surface area (Å²) in [6, 6.07) is 20.3. The van der Waals surface area contributed by atoms with Crippen LogP contribution in [0.3, 0.4) is 0 Å². The number of carbonyl (C=O) groups excluding carboxylic acids is 1. The van der Waals surface area contributed by atoms with Crippen molar-refractivity contribution in [2.45, 2.75) is 13.3 Å². The highest BCUT2D eigenvalue weighted by molar-refractivity contribution is 5.78. The lowest BCUT2D eigenvalue weighted by Crippen LogP contribution is -2.48. The lowest BCUT2D eigenvalue weighted by molar-refractivity contribution is -0.120. The number of hydrogen-bond acceptors (Lipinski definition) is 5. The topological polar surface area (TPSA) is 61.6 Å². The summed E-state index contributed by atoms with van der Waals surface area (Å²) in [5.74, 6) is 1.24. The number of rotatable bonds is 7. The third-order valence-corrected chi connectivity index (χ3v) is 5.49. The van der Waals surface area contributed by atoms with E-state index in [0.29, 0.717) is 23.9 Å². The van der Waals surface area contributed by atoms with Crippen molar-refractivity contribution in [1.82, 2.24) is 15.2 Å². The lowest BCUT2D eigenvalue weighted by atomic mass is 10.2. The third-order valence-electron chi connectivity index (χ3n) is 5.49. The van der Waals surface area contributed by atoms with Gasteiger partial charge in [-0.2, -0.15) is 0 Å². The molecule has 1 aliphatic heterocycles. The minimum Gasteiger partial charge on any atom is -0.441 e. The van der Waals surface area contributed by atoms with Gasteiger partial charge in [0.1, 0.15) is 5.76 Å². The maximum atomic E-state index is 12.4. The van der Waals surface area contributed by atoms with Crippen LogP contribution in [0.15, 0.2) is 65.1 Å². The molecule has 1 aromatic heterocycles. The monoisotopic (exact) mass is 404 g/mol. The van der Waals surface area contributed by atoms with Crippen molar-refractivity contribution < 1.29 is 9.21 Å². The van der Waals surface area contributed by atoms with E-state index in [1.54, 1.807) is 0 Å². The molecule has 156 valence electrons. The molecule has 0 spiro atoms. The number of carbonyl (C=O) groups is 1. The maximum absolute atomic E-state index is 12.4. The standard InChI is InChI=1S/C24H28N4O2/c1-19-22(26-24(30-19)20-8-4-2-5-9-20)18-23(29)25-12-13-27-14-16-28(17-15-27)21-10-6-3-7-11-21/h2-11H,12-18H2,1H3,(H,25,29). The van der Waals surface area contributed by atoms with Crippen LogP contribution in [-0.2, 0) is 11.2 Å². The fraction of sp³-hybridized carbons (Fsp3) is 0.333. The SMILES string of the molecule is Cc1oc(-c2ccccc2)nc1CC(=O)NCCN1CCN(c2ccccc2)CC1. The molecule has 0 saturated carbocycles. The van der Waals surface area contributed by atoms with E-state index in [0.717, 1.165) is 38.3 Å². The van der Waals surface area contributed by atoms with Gasteiger partial charge in [0.25, 0.3) is 0 Å². The number of oxazole rings is 1. The Bertz CT molecular complexity index is 948. The molecule has 4 rings (SSSR count). The summed E-state index contributed by atoms with van der Waals surface area (Å²) in [7, 11) is 0. The van der Waals surface area contributed by atoms with E-state index in [1.165, 1.54) is 5.69 Å². The number of para-hydroxylation sites is 1. The van der Waals surface area contributed by atoms with Crippen LogP contribution in [0.25, 0.3) is 11.5 Å². The molecule has 6 nitrogen and oxygen atoms in total. The van der Waals surface area contributed by atoms with Crippen LogP contribution >= 0.6 is 0 Å². The van der Waals surface area contributed by atoms with Gasteiger partial charge < -0.3 is 14.6 Å². The van der Waals surface area contributed by atoms with Crippen LogP contribution in [0.2, 0.25) is 0 Å². The second-order valence-electron chi connectivity index (χ2n) is 7.58. The van der Waals surface area contributed by atoms with Crippen LogP contribution in [-0.4, -0.2) is 55.1 Å². The first-order valence-electron chi connectivity index (χ1n) is 10.5. The van der Waals surface area contributed by atoms with Gasteiger partial charge in [-0.15, -0.1) is 0 Å². The molecule has 1 N–H and O–H groups in total. The summed E-state index contributed by atoms with van der Waals surface area (Å²) < 4.78 is 5.74. The molecule has 30 heavy (non-hydrogen) atoms. The lowest BCUT2D eigenvalue weighted by Gasteiger charge is -2.36. The van der Waals surface area contributed by atoms with E-state index in [9.17, 15) is 4.79 Å². The Morgan fingerprint density at radius 3 is 2.37 bits per heavy atom. The zero-order chi connectivity index (χ0) is 20.8. The van der Waals surface area contributed by atoms with Crippen molar-refractivity contribution in [3.05, 3.63) is 72.1 Å². The largest absolute Gasteiger partial charge is 0.441 e. The maximum Gasteiger partial charge on any atom is 0.226 e. The Morgan fingerprint density at radius 1 is 1.00 bits per heavy atom. The van der Waals surface area contributed by atoms with Gasteiger partial charge in [-0.25, -0.2) is 4.98 Å². The number of nitrogens with one attached hydrogen (secondary N) is 1. The summed E-state index contributed by atoms with van der Waals surface area (Å²) in [6.45, 7) is 7.40. The van der Waals surface area contributed by atoms with Crippen LogP contribution < -0.4 is 10.2 Å². The van der Waals surface area contributed by atoms with Gasteiger partial charge in [-0.05, 0) is 31.2 Å². The quantitative estimate of drug-likeness (QED) is 0.656. The first-order valence-corrected chi connectivity index (χ1v) is 10.5. The molecule has 1 aliphatic rings. The molecule has 0 aliphatic carbocycles. The van der Waals surface area contributed by atoms with Crippen LogP contribution in [0.5, 0.6) is 0 Å². The molecular formula is C24H28N4O2. The highest BCUT2D eigenvalue weighted by Crippen LogP contribution is 2.21. The smallest absolute Gasteiger partial charge is 0.226 e. The molecule has 0 unspecified atom stereocenters. The van der Waals surface area contributed by atoms with Gasteiger partial charge in [-0.1, -0.05) is 36.4 Å². The van der Waals surface area contributed by atoms with Gasteiger partial charge in [0.05, 0.1) is 12.1 Å². The number of benzene rings is 2. The summed E-state index contributed by atoms with van der Waals surface area (Å²) in [5.41, 5.74) is 2.90. The van der Waals surface area contributed by atoms with Gasteiger partial charge in [-0.3, -0.25) is 9.69 Å². The molecule has 1 fully saturated rings. The molecule has 0 bridgehead atoms. The highest BCUT2D eigenvalue weighted by Gasteiger charge is 2.18. The summed E-state index contributed by atoms with van der Waals surface area (Å²) >= 11 is 0. The second kappa shape index (κ2) is 9.59. The van der Waals surface area contributed by atoms with Gasteiger partial charge in [0, 0.05) is 50.5 Å². The third kappa shape index (κ3) is 5.07. The number of amides is 1. The van der Waals surface area contributed by atoms with Crippen LogP contribution in [0.1, 0.15) is 11.5 Å². The molecule has 0 radical (unpaired) electrons. The summed E-state index contributed by atoms with van der Waals surface area (Å²) in [6.07, 6.45) is 0.240. The Labute approximate surface area is 177 Å². The number of anilines is 1. The van der Waals surface area contributed by atoms with Crippen molar-refractivity contribution in [3.63, 3.8) is 0 Å². The zero-order valence-corrected chi connectivity index (χ0v) is 17.4. The van der Waals surface area contributed by atoms with Gasteiger partial charge >= 0.3 is 0 Å². The number of aryl methyl sites for hydroxylation is 1. The average molecular weight is 405 g/mol. The van der Waals surface area contributed by atoms with Crippen molar-refractivity contribution >= 4 is 11.6 Å². The molecule has 2 aromatic carbocycles. The van der Waals surface area contributed by atoms with Gasteiger partial charge in [0.15, 0.2) is 0 Å². The number of hydrogen-bond donors (Lipinski definition) is 1. The number of nitrogens with zero attached hydrogens (tertiary/aromatic N) is 3. The van der Waals surface area contributed by atoms with E-state index in [4.69, 9.17) is 4.42 Å². The van der Waals surface area contributed by atoms with E-state index < -0.39 is 0 Å². The molecule has 0 atom stereocenters. The van der Waals surface area contributed by atoms with Crippen molar-refractivity contribution in [2.75, 3.05) is 44.2 Å². The number of piperazine rings is 1. The fourth-order valence-corrected chi connectivity index (χ4v) is 3.73. The van der Waals surface area contributed by atoms with E-state index >= 15 is 0 Å². The van der Waals surface area contributed by atoms with Crippen LogP contribution in [0, 0.1) is 6.92 Å². The van der Waals surface area contributed by atoms with Crippen LogP contribution in [0.4, 0.5) is 5.69 Å². The highest BCUT2D eigenvalue weighted by atomic mass is 16.4. The summed E-state index contributed by atoms with van der Waals surface area (Å²) in [4.78, 5) is 21.7. The molecule has 2 heterocycles. The van der Waals surface area contributed by atoms with E-state index in [2.05, 4.69) is 44.4 Å². The van der Waals surface area contributed by atoms with Crippen molar-refractivity contribution in [1.29, 1.82) is 0 Å². The first kappa shape index (κ1) is 20.2. The normalized spacial score (nSPS) is 14.6.